The molecule has 0 unspecified atom stereocenters. The van der Waals surface area contributed by atoms with E-state index in [-0.39, 0.29) is 11.9 Å². The second-order valence-corrected chi connectivity index (χ2v) is 5.04. The van der Waals surface area contributed by atoms with E-state index in [4.69, 9.17) is 4.74 Å². The molecule has 0 radical (unpaired) electrons. The summed E-state index contributed by atoms with van der Waals surface area (Å²) in [5.74, 6) is 0.360. The minimum Gasteiger partial charge on any atom is -0.497 e. The number of amides is 1. The first-order valence-corrected chi connectivity index (χ1v) is 7.04. The molecule has 0 atom stereocenters. The van der Waals surface area contributed by atoms with Crippen LogP contribution in [0.15, 0.2) is 24.3 Å². The summed E-state index contributed by atoms with van der Waals surface area (Å²) in [5, 5.41) is 0.951. The number of aromatic nitrogens is 1. The Balaban J connectivity index is 2.03. The summed E-state index contributed by atoms with van der Waals surface area (Å²) in [6, 6.07) is 7.42. The number of carbonyl (C=O) groups is 2. The van der Waals surface area contributed by atoms with Crippen molar-refractivity contribution in [1.82, 2.24) is 9.88 Å². The average molecular weight is 304 g/mol. The summed E-state index contributed by atoms with van der Waals surface area (Å²) in [6.07, 6.45) is 0.876. The number of methoxy groups -OCH3 is 2. The van der Waals surface area contributed by atoms with Gasteiger partial charge in [0.15, 0.2) is 0 Å². The van der Waals surface area contributed by atoms with Gasteiger partial charge in [0, 0.05) is 37.0 Å². The van der Waals surface area contributed by atoms with Crippen molar-refractivity contribution >= 4 is 22.8 Å². The number of carbonyl (C=O) groups excluding carboxylic acids is 2. The Labute approximate surface area is 129 Å². The van der Waals surface area contributed by atoms with Crippen molar-refractivity contribution in [3.8, 4) is 5.75 Å². The fraction of sp³-hybridized carbons (Fsp3) is 0.375. The van der Waals surface area contributed by atoms with Gasteiger partial charge in [-0.15, -0.1) is 0 Å². The lowest BCUT2D eigenvalue weighted by Gasteiger charge is -2.15. The number of H-pyrrole nitrogens is 1. The molecular formula is C16H20N2O4. The Morgan fingerprint density at radius 3 is 2.68 bits per heavy atom. The molecule has 1 aromatic carbocycles. The van der Waals surface area contributed by atoms with Gasteiger partial charge in [0.05, 0.1) is 14.2 Å². The van der Waals surface area contributed by atoms with Crippen LogP contribution in [0.3, 0.4) is 0 Å². The van der Waals surface area contributed by atoms with Gasteiger partial charge in [0.25, 0.3) is 5.91 Å². The smallest absolute Gasteiger partial charge is 0.305 e. The number of nitrogens with one attached hydrogen (secondary N) is 1. The first kappa shape index (κ1) is 15.9. The van der Waals surface area contributed by atoms with Crippen LogP contribution in [-0.4, -0.2) is 49.6 Å². The van der Waals surface area contributed by atoms with Gasteiger partial charge in [-0.25, -0.2) is 0 Å². The highest BCUT2D eigenvalue weighted by Crippen LogP contribution is 2.21. The van der Waals surface area contributed by atoms with Crippen LogP contribution in [0, 0.1) is 0 Å². The Bertz CT molecular complexity index is 678. The van der Waals surface area contributed by atoms with Crippen LogP contribution in [0.4, 0.5) is 0 Å². The van der Waals surface area contributed by atoms with E-state index >= 15 is 0 Å². The van der Waals surface area contributed by atoms with Gasteiger partial charge in [-0.3, -0.25) is 9.59 Å². The number of fused-ring (bicyclic) bond motifs is 1. The third-order valence-electron chi connectivity index (χ3n) is 3.51. The first-order chi connectivity index (χ1) is 10.5. The van der Waals surface area contributed by atoms with Crippen LogP contribution < -0.4 is 4.74 Å². The molecule has 1 aromatic heterocycles. The number of hydrogen-bond acceptors (Lipinski definition) is 4. The highest BCUT2D eigenvalue weighted by Gasteiger charge is 2.15. The van der Waals surface area contributed by atoms with Crippen LogP contribution in [0.2, 0.25) is 0 Å². The van der Waals surface area contributed by atoms with Crippen molar-refractivity contribution in [3.63, 3.8) is 0 Å². The third kappa shape index (κ3) is 3.58. The largest absolute Gasteiger partial charge is 0.497 e. The van der Waals surface area contributed by atoms with E-state index in [2.05, 4.69) is 9.72 Å². The fourth-order valence-corrected chi connectivity index (χ4v) is 2.22. The van der Waals surface area contributed by atoms with Gasteiger partial charge >= 0.3 is 5.97 Å². The van der Waals surface area contributed by atoms with Gasteiger partial charge in [-0.2, -0.15) is 0 Å². The van der Waals surface area contributed by atoms with Crippen molar-refractivity contribution in [3.05, 3.63) is 30.0 Å². The number of ether oxygens (including phenoxy) is 2. The zero-order valence-electron chi connectivity index (χ0n) is 13.0. The zero-order chi connectivity index (χ0) is 16.1. The molecular weight excluding hydrogens is 284 g/mol. The third-order valence-corrected chi connectivity index (χ3v) is 3.51. The molecule has 118 valence electrons. The number of rotatable bonds is 6. The van der Waals surface area contributed by atoms with E-state index in [1.807, 2.05) is 24.3 Å². The summed E-state index contributed by atoms with van der Waals surface area (Å²) in [5.41, 5.74) is 1.37. The molecule has 22 heavy (non-hydrogen) atoms. The van der Waals surface area contributed by atoms with E-state index in [1.54, 1.807) is 19.1 Å². The number of benzene rings is 1. The second kappa shape index (κ2) is 6.98. The maximum Gasteiger partial charge on any atom is 0.305 e. The molecule has 0 bridgehead atoms. The highest BCUT2D eigenvalue weighted by molar-refractivity contribution is 5.98. The molecule has 6 nitrogen and oxygen atoms in total. The van der Waals surface area contributed by atoms with Crippen molar-refractivity contribution in [2.75, 3.05) is 27.8 Å². The second-order valence-electron chi connectivity index (χ2n) is 5.04. The minimum atomic E-state index is -0.265. The monoisotopic (exact) mass is 304 g/mol. The molecule has 0 aliphatic carbocycles. The molecule has 1 N–H and O–H groups in total. The molecule has 6 heteroatoms. The Hall–Kier alpha value is -2.50. The normalized spacial score (nSPS) is 10.5. The topological polar surface area (TPSA) is 71.6 Å². The Morgan fingerprint density at radius 2 is 2.00 bits per heavy atom. The molecule has 0 aliphatic heterocycles. The molecule has 0 fully saturated rings. The van der Waals surface area contributed by atoms with Crippen LogP contribution in [-0.2, 0) is 9.53 Å². The van der Waals surface area contributed by atoms with Crippen LogP contribution in [0.5, 0.6) is 5.75 Å². The molecule has 2 aromatic rings. The molecule has 1 amide bonds. The van der Waals surface area contributed by atoms with Gasteiger partial charge < -0.3 is 19.4 Å². The summed E-state index contributed by atoms with van der Waals surface area (Å²) in [7, 11) is 4.67. The standard InChI is InChI=1S/C16H20N2O4/c1-18(8-4-5-15(19)22-3)16(20)14-9-11-6-7-12(21-2)10-13(11)17-14/h6-7,9-10,17H,4-5,8H2,1-3H3. The van der Waals surface area contributed by atoms with Gasteiger partial charge in [0.1, 0.15) is 11.4 Å². The van der Waals surface area contributed by atoms with E-state index in [0.29, 0.717) is 25.1 Å². The summed E-state index contributed by atoms with van der Waals surface area (Å²) >= 11 is 0. The Kier molecular flexibility index (Phi) is 5.04. The lowest BCUT2D eigenvalue weighted by atomic mass is 10.2. The summed E-state index contributed by atoms with van der Waals surface area (Å²) in [4.78, 5) is 28.1. The molecule has 1 heterocycles. The van der Waals surface area contributed by atoms with Crippen LogP contribution in [0.1, 0.15) is 23.3 Å². The predicted octanol–water partition coefficient (Wildman–Crippen LogP) is 2.20. The maximum atomic E-state index is 12.4. The van der Waals surface area contributed by atoms with Crippen molar-refractivity contribution < 1.29 is 19.1 Å². The molecule has 0 spiro atoms. The van der Waals surface area contributed by atoms with Crippen LogP contribution >= 0.6 is 0 Å². The van der Waals surface area contributed by atoms with Gasteiger partial charge in [-0.1, -0.05) is 0 Å². The minimum absolute atomic E-state index is 0.111. The van der Waals surface area contributed by atoms with Gasteiger partial charge in [0.2, 0.25) is 0 Å². The molecule has 2 rings (SSSR count). The van der Waals surface area contributed by atoms with E-state index < -0.39 is 0 Å². The molecule has 0 aliphatic rings. The maximum absolute atomic E-state index is 12.4. The van der Waals surface area contributed by atoms with Crippen molar-refractivity contribution in [2.45, 2.75) is 12.8 Å². The summed E-state index contributed by atoms with van der Waals surface area (Å²) < 4.78 is 9.74. The lowest BCUT2D eigenvalue weighted by Crippen LogP contribution is -2.28. The van der Waals surface area contributed by atoms with E-state index in [9.17, 15) is 9.59 Å². The van der Waals surface area contributed by atoms with Gasteiger partial charge in [-0.05, 0) is 24.6 Å². The quantitative estimate of drug-likeness (QED) is 0.831. The average Bonchev–Trinajstić information content (AvgIpc) is 2.96. The van der Waals surface area contributed by atoms with Crippen LogP contribution in [0.25, 0.3) is 10.9 Å². The number of hydrogen-bond donors (Lipinski definition) is 1. The fourth-order valence-electron chi connectivity index (χ4n) is 2.22. The predicted molar refractivity (Wildman–Crippen MR) is 83.1 cm³/mol. The molecule has 0 saturated carbocycles. The number of nitrogens with zero attached hydrogens (tertiary/aromatic N) is 1. The number of aromatic amines is 1. The summed E-state index contributed by atoms with van der Waals surface area (Å²) in [6.45, 7) is 0.493. The van der Waals surface area contributed by atoms with E-state index in [0.717, 1.165) is 16.7 Å². The molecule has 0 saturated heterocycles. The van der Waals surface area contributed by atoms with E-state index in [1.165, 1.54) is 7.11 Å². The number of esters is 1. The lowest BCUT2D eigenvalue weighted by molar-refractivity contribution is -0.140. The van der Waals surface area contributed by atoms with Crippen molar-refractivity contribution in [1.29, 1.82) is 0 Å². The SMILES string of the molecule is COC(=O)CCCN(C)C(=O)c1cc2ccc(OC)cc2[nH]1. The first-order valence-electron chi connectivity index (χ1n) is 7.04. The Morgan fingerprint density at radius 1 is 1.23 bits per heavy atom. The zero-order valence-corrected chi connectivity index (χ0v) is 13.0. The van der Waals surface area contributed by atoms with Crippen molar-refractivity contribution in [2.24, 2.45) is 0 Å². The highest BCUT2D eigenvalue weighted by atomic mass is 16.5.